The number of hydrogen-bond acceptors (Lipinski definition) is 6. The highest BCUT2D eigenvalue weighted by Gasteiger charge is 2.30. The van der Waals surface area contributed by atoms with Crippen LogP contribution in [-0.2, 0) is 21.4 Å². The molecule has 9 heteroatoms. The summed E-state index contributed by atoms with van der Waals surface area (Å²) in [4.78, 5) is 12.6. The van der Waals surface area contributed by atoms with Crippen molar-refractivity contribution < 1.29 is 27.4 Å². The van der Waals surface area contributed by atoms with E-state index in [1.54, 1.807) is 18.2 Å². The summed E-state index contributed by atoms with van der Waals surface area (Å²) in [5.74, 6) is 1.49. The van der Waals surface area contributed by atoms with Crippen LogP contribution in [0.4, 0.5) is 5.69 Å². The number of nitrogens with zero attached hydrogens (tertiary/aromatic N) is 1. The zero-order valence-electron chi connectivity index (χ0n) is 16.7. The largest absolute Gasteiger partial charge is 0.489 e. The Morgan fingerprint density at radius 3 is 2.87 bits per heavy atom. The third-order valence-electron chi connectivity index (χ3n) is 5.17. The Hall–Kier alpha value is -2.78. The van der Waals surface area contributed by atoms with E-state index < -0.39 is 10.0 Å². The van der Waals surface area contributed by atoms with Crippen molar-refractivity contribution in [2.24, 2.45) is 5.92 Å². The summed E-state index contributed by atoms with van der Waals surface area (Å²) >= 11 is 0. The number of nitrogens with one attached hydrogen (secondary N) is 1. The van der Waals surface area contributed by atoms with Crippen LogP contribution in [0, 0.1) is 5.92 Å². The molecule has 1 saturated heterocycles. The number of carbonyl (C=O) groups is 1. The molecule has 0 aliphatic carbocycles. The lowest BCUT2D eigenvalue weighted by atomic mass is 9.98. The lowest BCUT2D eigenvalue weighted by molar-refractivity contribution is -0.120. The molecule has 2 aromatic rings. The van der Waals surface area contributed by atoms with Crippen molar-refractivity contribution in [2.75, 3.05) is 31.5 Å². The van der Waals surface area contributed by atoms with Gasteiger partial charge in [0.25, 0.3) is 0 Å². The van der Waals surface area contributed by atoms with E-state index in [0.29, 0.717) is 48.9 Å². The molecule has 0 unspecified atom stereocenters. The minimum absolute atomic E-state index is 0.169. The average molecular weight is 432 g/mol. The van der Waals surface area contributed by atoms with Crippen LogP contribution in [0.1, 0.15) is 18.4 Å². The molecule has 1 N–H and O–H groups in total. The van der Waals surface area contributed by atoms with Gasteiger partial charge in [-0.05, 0) is 42.7 Å². The van der Waals surface area contributed by atoms with E-state index in [9.17, 15) is 13.2 Å². The first-order valence-electron chi connectivity index (χ1n) is 9.76. The maximum Gasteiger partial charge on any atom is 0.231 e. The Labute approximate surface area is 175 Å². The van der Waals surface area contributed by atoms with Crippen molar-refractivity contribution >= 4 is 21.6 Å². The average Bonchev–Trinajstić information content (AvgIpc) is 3.20. The first kappa shape index (κ1) is 20.5. The van der Waals surface area contributed by atoms with Gasteiger partial charge in [-0.3, -0.25) is 4.79 Å². The van der Waals surface area contributed by atoms with E-state index in [0.717, 1.165) is 5.56 Å². The van der Waals surface area contributed by atoms with Crippen molar-refractivity contribution in [3.8, 4) is 17.2 Å². The summed E-state index contributed by atoms with van der Waals surface area (Å²) in [6, 6.07) is 12.8. The molecule has 0 aromatic heterocycles. The van der Waals surface area contributed by atoms with Crippen LogP contribution >= 0.6 is 0 Å². The zero-order chi connectivity index (χ0) is 21.1. The molecule has 2 aliphatic heterocycles. The first-order valence-corrected chi connectivity index (χ1v) is 11.6. The fourth-order valence-corrected chi connectivity index (χ4v) is 4.49. The van der Waals surface area contributed by atoms with Crippen LogP contribution in [0.25, 0.3) is 0 Å². The van der Waals surface area contributed by atoms with E-state index in [4.69, 9.17) is 14.2 Å². The fraction of sp³-hybridized carbons (Fsp3) is 0.381. The van der Waals surface area contributed by atoms with Crippen LogP contribution in [0.15, 0.2) is 42.5 Å². The Morgan fingerprint density at radius 1 is 1.20 bits per heavy atom. The number of ether oxygens (including phenoxy) is 3. The number of benzene rings is 2. The standard InChI is InChI=1S/C21H24N2O6S/c1-30(25,26)23-9-3-5-16(12-23)21(24)22-17-6-2-4-15(10-17)13-27-18-7-8-19-20(11-18)29-14-28-19/h2,4,6-8,10-11,16H,3,5,9,12-14H2,1H3,(H,22,24)/t16-/m0/s1. The molecule has 160 valence electrons. The maximum atomic E-state index is 12.6. The molecule has 2 aliphatic rings. The molecule has 0 spiro atoms. The van der Waals surface area contributed by atoms with Gasteiger partial charge in [-0.25, -0.2) is 12.7 Å². The number of amides is 1. The van der Waals surface area contributed by atoms with E-state index in [-0.39, 0.29) is 25.2 Å². The highest BCUT2D eigenvalue weighted by atomic mass is 32.2. The molecule has 4 rings (SSSR count). The Morgan fingerprint density at radius 2 is 2.03 bits per heavy atom. The van der Waals surface area contributed by atoms with Gasteiger partial charge in [0, 0.05) is 24.8 Å². The highest BCUT2D eigenvalue weighted by Crippen LogP contribution is 2.35. The van der Waals surface area contributed by atoms with Gasteiger partial charge in [-0.1, -0.05) is 12.1 Å². The first-order chi connectivity index (χ1) is 14.4. The molecule has 30 heavy (non-hydrogen) atoms. The minimum atomic E-state index is -3.29. The topological polar surface area (TPSA) is 94.2 Å². The number of carbonyl (C=O) groups excluding carboxylic acids is 1. The quantitative estimate of drug-likeness (QED) is 0.754. The fourth-order valence-electron chi connectivity index (χ4n) is 3.57. The van der Waals surface area contributed by atoms with Crippen molar-refractivity contribution in [1.29, 1.82) is 0 Å². The van der Waals surface area contributed by atoms with Gasteiger partial charge in [-0.15, -0.1) is 0 Å². The number of hydrogen-bond donors (Lipinski definition) is 1. The second-order valence-corrected chi connectivity index (χ2v) is 9.44. The van der Waals surface area contributed by atoms with Gasteiger partial charge in [0.15, 0.2) is 11.5 Å². The van der Waals surface area contributed by atoms with E-state index >= 15 is 0 Å². The van der Waals surface area contributed by atoms with Crippen LogP contribution in [0.3, 0.4) is 0 Å². The van der Waals surface area contributed by atoms with Gasteiger partial charge < -0.3 is 19.5 Å². The van der Waals surface area contributed by atoms with Gasteiger partial charge in [0.05, 0.1) is 12.2 Å². The highest BCUT2D eigenvalue weighted by molar-refractivity contribution is 7.88. The lowest BCUT2D eigenvalue weighted by Gasteiger charge is -2.30. The monoisotopic (exact) mass is 432 g/mol. The molecule has 1 atom stereocenters. The molecule has 0 saturated carbocycles. The number of sulfonamides is 1. The molecule has 2 heterocycles. The van der Waals surface area contributed by atoms with Crippen LogP contribution < -0.4 is 19.5 Å². The molecular formula is C21H24N2O6S. The Kier molecular flexibility index (Phi) is 5.83. The van der Waals surface area contributed by atoms with E-state index in [1.165, 1.54) is 10.6 Å². The summed E-state index contributed by atoms with van der Waals surface area (Å²) in [6.45, 7) is 1.23. The van der Waals surface area contributed by atoms with Crippen molar-refractivity contribution in [3.63, 3.8) is 0 Å². The number of anilines is 1. The summed E-state index contributed by atoms with van der Waals surface area (Å²) in [5.41, 5.74) is 1.55. The predicted molar refractivity (Wildman–Crippen MR) is 111 cm³/mol. The SMILES string of the molecule is CS(=O)(=O)N1CCC[C@H](C(=O)Nc2cccc(COc3ccc4c(c3)OCO4)c2)C1. The summed E-state index contributed by atoms with van der Waals surface area (Å²) < 4.78 is 41.4. The van der Waals surface area contributed by atoms with Gasteiger partial charge >= 0.3 is 0 Å². The number of rotatable bonds is 6. The third kappa shape index (κ3) is 4.85. The smallest absolute Gasteiger partial charge is 0.231 e. The molecule has 1 amide bonds. The number of fused-ring (bicyclic) bond motifs is 1. The van der Waals surface area contributed by atoms with Crippen LogP contribution in [0.2, 0.25) is 0 Å². The summed E-state index contributed by atoms with van der Waals surface area (Å²) in [6.07, 6.45) is 2.52. The van der Waals surface area contributed by atoms with E-state index in [1.807, 2.05) is 24.3 Å². The Balaban J connectivity index is 1.35. The van der Waals surface area contributed by atoms with Gasteiger partial charge in [0.1, 0.15) is 12.4 Å². The summed E-state index contributed by atoms with van der Waals surface area (Å²) in [5, 5.41) is 2.90. The van der Waals surface area contributed by atoms with Gasteiger partial charge in [-0.2, -0.15) is 0 Å². The predicted octanol–water partition coefficient (Wildman–Crippen LogP) is 2.60. The van der Waals surface area contributed by atoms with Crippen molar-refractivity contribution in [2.45, 2.75) is 19.4 Å². The molecule has 1 fully saturated rings. The van der Waals surface area contributed by atoms with Crippen molar-refractivity contribution in [1.82, 2.24) is 4.31 Å². The van der Waals surface area contributed by atoms with Crippen molar-refractivity contribution in [3.05, 3.63) is 48.0 Å². The second kappa shape index (κ2) is 8.53. The lowest BCUT2D eigenvalue weighted by Crippen LogP contribution is -2.43. The summed E-state index contributed by atoms with van der Waals surface area (Å²) in [7, 11) is -3.29. The molecule has 0 bridgehead atoms. The maximum absolute atomic E-state index is 12.6. The zero-order valence-corrected chi connectivity index (χ0v) is 17.5. The second-order valence-electron chi connectivity index (χ2n) is 7.45. The molecule has 2 aromatic carbocycles. The van der Waals surface area contributed by atoms with Crippen LogP contribution in [0.5, 0.6) is 17.2 Å². The number of piperidine rings is 1. The molecule has 8 nitrogen and oxygen atoms in total. The third-order valence-corrected chi connectivity index (χ3v) is 6.44. The van der Waals surface area contributed by atoms with E-state index in [2.05, 4.69) is 5.32 Å². The van der Waals surface area contributed by atoms with Crippen LogP contribution in [-0.4, -0.2) is 44.8 Å². The minimum Gasteiger partial charge on any atom is -0.489 e. The van der Waals surface area contributed by atoms with Gasteiger partial charge in [0.2, 0.25) is 22.7 Å². The molecule has 0 radical (unpaired) electrons. The molecular weight excluding hydrogens is 408 g/mol. The Bertz CT molecular complexity index is 1040. The normalized spacial score (nSPS) is 18.8.